The van der Waals surface area contributed by atoms with Crippen LogP contribution in [0.3, 0.4) is 0 Å². The third-order valence-electron chi connectivity index (χ3n) is 3.00. The Morgan fingerprint density at radius 1 is 1.47 bits per heavy atom. The van der Waals surface area contributed by atoms with E-state index in [0.717, 1.165) is 11.3 Å². The molecule has 0 aromatic heterocycles. The molecule has 82 valence electrons. The Kier molecular flexibility index (Phi) is 2.30. The number of hydrogen-bond donors (Lipinski definition) is 0. The molecule has 15 heavy (non-hydrogen) atoms. The molecular formula is C12H17NOS. The Morgan fingerprint density at radius 2 is 2.13 bits per heavy atom. The van der Waals surface area contributed by atoms with Crippen LogP contribution in [0.1, 0.15) is 30.9 Å². The van der Waals surface area contributed by atoms with E-state index in [-0.39, 0.29) is 0 Å². The van der Waals surface area contributed by atoms with Crippen LogP contribution in [0.5, 0.6) is 0 Å². The molecule has 1 aliphatic rings. The van der Waals surface area contributed by atoms with Crippen molar-refractivity contribution in [2.24, 2.45) is 0 Å². The van der Waals surface area contributed by atoms with Crippen LogP contribution in [-0.2, 0) is 15.5 Å². The van der Waals surface area contributed by atoms with Gasteiger partial charge in [-0.1, -0.05) is 26.0 Å². The van der Waals surface area contributed by atoms with Crippen molar-refractivity contribution in [3.63, 3.8) is 0 Å². The number of benzene rings is 1. The van der Waals surface area contributed by atoms with Gasteiger partial charge in [0.1, 0.15) is 0 Å². The SMILES string of the molecule is C=S1(=O)Cc2ccc(C(C)C)cc2N1C. The first-order chi connectivity index (χ1) is 6.92. The van der Waals surface area contributed by atoms with E-state index in [0.29, 0.717) is 11.7 Å². The molecule has 2 rings (SSSR count). The Morgan fingerprint density at radius 3 is 2.73 bits per heavy atom. The van der Waals surface area contributed by atoms with Gasteiger partial charge in [0.2, 0.25) is 0 Å². The van der Waals surface area contributed by atoms with Gasteiger partial charge >= 0.3 is 0 Å². The van der Waals surface area contributed by atoms with E-state index >= 15 is 0 Å². The monoisotopic (exact) mass is 223 g/mol. The lowest BCUT2D eigenvalue weighted by molar-refractivity contribution is 0.681. The summed E-state index contributed by atoms with van der Waals surface area (Å²) in [5.41, 5.74) is 3.53. The zero-order valence-corrected chi connectivity index (χ0v) is 10.3. The molecule has 0 saturated heterocycles. The zero-order valence-electron chi connectivity index (χ0n) is 9.49. The Balaban J connectivity index is 2.54. The van der Waals surface area contributed by atoms with Crippen LogP contribution in [0.25, 0.3) is 0 Å². The maximum Gasteiger partial charge on any atom is 0.0609 e. The Hall–Kier alpha value is -0.960. The summed E-state index contributed by atoms with van der Waals surface area (Å²) >= 11 is 0. The van der Waals surface area contributed by atoms with Crippen molar-refractivity contribution in [3.8, 4) is 0 Å². The van der Waals surface area contributed by atoms with Crippen LogP contribution < -0.4 is 4.31 Å². The highest BCUT2D eigenvalue weighted by molar-refractivity contribution is 8.01. The molecule has 0 spiro atoms. The molecule has 0 radical (unpaired) electrons. The number of rotatable bonds is 1. The van der Waals surface area contributed by atoms with E-state index in [1.807, 2.05) is 11.4 Å². The lowest BCUT2D eigenvalue weighted by Crippen LogP contribution is -2.20. The fourth-order valence-electron chi connectivity index (χ4n) is 1.87. The predicted octanol–water partition coefficient (Wildman–Crippen LogP) is 2.39. The maximum atomic E-state index is 12.1. The van der Waals surface area contributed by atoms with Crippen molar-refractivity contribution in [1.82, 2.24) is 0 Å². The first-order valence-corrected chi connectivity index (χ1v) is 6.99. The molecule has 0 N–H and O–H groups in total. The standard InChI is InChI=1S/C12H17NOS/c1-9(2)10-5-6-11-8-15(4,14)13(3)12(11)7-10/h5-7,9H,4,8H2,1-3H3. The summed E-state index contributed by atoms with van der Waals surface area (Å²) in [4.78, 5) is 0. The molecule has 3 heteroatoms. The summed E-state index contributed by atoms with van der Waals surface area (Å²) in [6.45, 7) is 4.33. The molecule has 1 aliphatic heterocycles. The van der Waals surface area contributed by atoms with Crippen molar-refractivity contribution in [1.29, 1.82) is 0 Å². The highest BCUT2D eigenvalue weighted by Crippen LogP contribution is 2.34. The van der Waals surface area contributed by atoms with Crippen molar-refractivity contribution in [3.05, 3.63) is 29.3 Å². The smallest absolute Gasteiger partial charge is 0.0609 e. The summed E-state index contributed by atoms with van der Waals surface area (Å²) < 4.78 is 13.9. The fourth-order valence-corrected chi connectivity index (χ4v) is 3.33. The van der Waals surface area contributed by atoms with Gasteiger partial charge in [-0.15, -0.1) is 0 Å². The molecule has 0 fully saturated rings. The zero-order chi connectivity index (χ0) is 11.2. The first kappa shape index (κ1) is 10.6. The van der Waals surface area contributed by atoms with Gasteiger partial charge in [-0.3, -0.25) is 0 Å². The van der Waals surface area contributed by atoms with Crippen LogP contribution in [0, 0.1) is 0 Å². The topological polar surface area (TPSA) is 20.3 Å². The molecule has 0 aliphatic carbocycles. The van der Waals surface area contributed by atoms with Crippen LogP contribution in [-0.4, -0.2) is 17.1 Å². The van der Waals surface area contributed by atoms with E-state index in [9.17, 15) is 4.21 Å². The lowest BCUT2D eigenvalue weighted by atomic mass is 10.0. The van der Waals surface area contributed by atoms with E-state index in [1.54, 1.807) is 0 Å². The Bertz CT molecular complexity index is 488. The number of fused-ring (bicyclic) bond motifs is 1. The van der Waals surface area contributed by atoms with Gasteiger partial charge in [0.25, 0.3) is 0 Å². The van der Waals surface area contributed by atoms with Gasteiger partial charge in [0.05, 0.1) is 21.1 Å². The predicted molar refractivity (Wildman–Crippen MR) is 67.9 cm³/mol. The summed E-state index contributed by atoms with van der Waals surface area (Å²) in [6.07, 6.45) is 0. The molecule has 1 atom stereocenters. The minimum absolute atomic E-state index is 0.505. The molecular weight excluding hydrogens is 206 g/mol. The summed E-state index contributed by atoms with van der Waals surface area (Å²) in [6, 6.07) is 6.34. The summed E-state index contributed by atoms with van der Waals surface area (Å²) in [5, 5.41) is 0. The fraction of sp³-hybridized carbons (Fsp3) is 0.417. The molecule has 1 heterocycles. The molecule has 1 aromatic carbocycles. The second-order valence-corrected chi connectivity index (χ2v) is 6.84. The van der Waals surface area contributed by atoms with Gasteiger partial charge in [0, 0.05) is 7.05 Å². The average Bonchev–Trinajstić information content (AvgIpc) is 2.37. The largest absolute Gasteiger partial charge is 0.302 e. The maximum absolute atomic E-state index is 12.1. The van der Waals surface area contributed by atoms with Crippen LogP contribution >= 0.6 is 0 Å². The average molecular weight is 223 g/mol. The van der Waals surface area contributed by atoms with Crippen molar-refractivity contribution < 1.29 is 4.21 Å². The molecule has 0 saturated carbocycles. The summed E-state index contributed by atoms with van der Waals surface area (Å²) in [7, 11) is -0.227. The Labute approximate surface area is 92.1 Å². The van der Waals surface area contributed by atoms with Crippen LogP contribution in [0.15, 0.2) is 18.2 Å². The van der Waals surface area contributed by atoms with E-state index in [2.05, 4.69) is 37.9 Å². The molecule has 0 amide bonds. The quantitative estimate of drug-likeness (QED) is 0.669. The van der Waals surface area contributed by atoms with Crippen molar-refractivity contribution in [2.45, 2.75) is 25.5 Å². The molecule has 1 unspecified atom stereocenters. The van der Waals surface area contributed by atoms with Crippen LogP contribution in [0.2, 0.25) is 0 Å². The number of hydrogen-bond acceptors (Lipinski definition) is 1. The third-order valence-corrected chi connectivity index (χ3v) is 4.95. The van der Waals surface area contributed by atoms with Gasteiger partial charge in [0.15, 0.2) is 0 Å². The molecule has 1 aromatic rings. The number of nitrogens with zero attached hydrogens (tertiary/aromatic N) is 1. The molecule has 2 nitrogen and oxygen atoms in total. The van der Waals surface area contributed by atoms with Gasteiger partial charge < -0.3 is 4.31 Å². The molecule has 0 bridgehead atoms. The van der Waals surface area contributed by atoms with Gasteiger partial charge in [-0.05, 0) is 29.0 Å². The van der Waals surface area contributed by atoms with E-state index in [1.165, 1.54) is 5.56 Å². The highest BCUT2D eigenvalue weighted by atomic mass is 32.2. The minimum atomic E-state index is -2.09. The van der Waals surface area contributed by atoms with E-state index in [4.69, 9.17) is 0 Å². The lowest BCUT2D eigenvalue weighted by Gasteiger charge is -2.16. The minimum Gasteiger partial charge on any atom is -0.302 e. The van der Waals surface area contributed by atoms with Crippen molar-refractivity contribution in [2.75, 3.05) is 11.4 Å². The van der Waals surface area contributed by atoms with Crippen molar-refractivity contribution >= 4 is 21.3 Å². The number of anilines is 1. The van der Waals surface area contributed by atoms with Crippen LogP contribution in [0.4, 0.5) is 5.69 Å². The normalized spacial score (nSPS) is 24.7. The van der Waals surface area contributed by atoms with E-state index < -0.39 is 9.71 Å². The first-order valence-electron chi connectivity index (χ1n) is 5.13. The summed E-state index contributed by atoms with van der Waals surface area (Å²) in [5.74, 6) is 4.88. The second kappa shape index (κ2) is 3.27. The van der Waals surface area contributed by atoms with Gasteiger partial charge in [-0.2, -0.15) is 0 Å². The second-order valence-electron chi connectivity index (χ2n) is 4.46. The van der Waals surface area contributed by atoms with Gasteiger partial charge in [-0.25, -0.2) is 4.21 Å². The third kappa shape index (κ3) is 1.65. The highest BCUT2D eigenvalue weighted by Gasteiger charge is 2.25.